The molecule has 0 aliphatic carbocycles. The van der Waals surface area contributed by atoms with Gasteiger partial charge in [0.1, 0.15) is 6.10 Å². The van der Waals surface area contributed by atoms with Crippen LogP contribution in [0.25, 0.3) is 0 Å². The first-order valence-corrected chi connectivity index (χ1v) is 5.39. The molecule has 0 spiro atoms. The van der Waals surface area contributed by atoms with Crippen LogP contribution in [0.5, 0.6) is 0 Å². The molecule has 5 heteroatoms. The van der Waals surface area contributed by atoms with Crippen LogP contribution >= 0.6 is 34.8 Å². The molecule has 0 amide bonds. The average Bonchev–Trinajstić information content (AvgIpc) is 1.95. The first-order valence-electron chi connectivity index (χ1n) is 4.26. The van der Waals surface area contributed by atoms with Gasteiger partial charge in [0.15, 0.2) is 0 Å². The van der Waals surface area contributed by atoms with Crippen LogP contribution in [0.15, 0.2) is 0 Å². The second-order valence-electron chi connectivity index (χ2n) is 3.32. The van der Waals surface area contributed by atoms with E-state index in [1.165, 1.54) is 0 Å². The third-order valence-electron chi connectivity index (χ3n) is 1.59. The molecule has 0 aromatic carbocycles. The smallest absolute Gasteiger partial charge is 0.217 e. The van der Waals surface area contributed by atoms with E-state index in [0.717, 1.165) is 6.42 Å². The highest BCUT2D eigenvalue weighted by Gasteiger charge is 2.32. The monoisotopic (exact) mass is 247 g/mol. The van der Waals surface area contributed by atoms with Crippen molar-refractivity contribution in [1.82, 2.24) is 0 Å². The molecule has 0 rings (SSSR count). The molecule has 0 saturated heterocycles. The van der Waals surface area contributed by atoms with Crippen molar-refractivity contribution in [3.8, 4) is 0 Å². The topological polar surface area (TPSA) is 35.2 Å². The first kappa shape index (κ1) is 13.8. The highest BCUT2D eigenvalue weighted by atomic mass is 35.6. The van der Waals surface area contributed by atoms with Crippen molar-refractivity contribution in [2.24, 2.45) is 11.7 Å². The Morgan fingerprint density at radius 3 is 2.15 bits per heavy atom. The van der Waals surface area contributed by atoms with Gasteiger partial charge in [-0.2, -0.15) is 0 Å². The van der Waals surface area contributed by atoms with Gasteiger partial charge in [-0.25, -0.2) is 0 Å². The number of alkyl halides is 3. The van der Waals surface area contributed by atoms with Gasteiger partial charge in [0, 0.05) is 13.2 Å². The Morgan fingerprint density at radius 2 is 1.85 bits per heavy atom. The molecule has 80 valence electrons. The molecule has 0 aliphatic heterocycles. The van der Waals surface area contributed by atoms with E-state index < -0.39 is 9.90 Å². The quantitative estimate of drug-likeness (QED) is 0.760. The third kappa shape index (κ3) is 6.81. The summed E-state index contributed by atoms with van der Waals surface area (Å²) < 4.78 is 3.92. The summed E-state index contributed by atoms with van der Waals surface area (Å²) in [7, 11) is 0. The standard InChI is InChI=1S/C8H16Cl3NO/c1-6(2)3-4-13-7(5-12)8(9,10)11/h6-7H,3-5,12H2,1-2H3. The van der Waals surface area contributed by atoms with Gasteiger partial charge >= 0.3 is 0 Å². The van der Waals surface area contributed by atoms with Crippen LogP contribution in [0, 0.1) is 5.92 Å². The summed E-state index contributed by atoms with van der Waals surface area (Å²) >= 11 is 16.9. The SMILES string of the molecule is CC(C)CCOC(CN)C(Cl)(Cl)Cl. The van der Waals surface area contributed by atoms with Crippen LogP contribution in [0.4, 0.5) is 0 Å². The maximum absolute atomic E-state index is 5.64. The Morgan fingerprint density at radius 1 is 1.31 bits per heavy atom. The van der Waals surface area contributed by atoms with E-state index in [-0.39, 0.29) is 6.54 Å². The van der Waals surface area contributed by atoms with Crippen molar-refractivity contribution < 1.29 is 4.74 Å². The third-order valence-corrected chi connectivity index (χ3v) is 2.32. The molecule has 0 radical (unpaired) electrons. The predicted molar refractivity (Wildman–Crippen MR) is 58.5 cm³/mol. The first-order chi connectivity index (χ1) is 5.88. The highest BCUT2D eigenvalue weighted by Crippen LogP contribution is 2.31. The van der Waals surface area contributed by atoms with E-state index in [2.05, 4.69) is 13.8 Å². The fourth-order valence-electron chi connectivity index (χ4n) is 0.742. The lowest BCUT2D eigenvalue weighted by Gasteiger charge is -2.23. The maximum Gasteiger partial charge on any atom is 0.217 e. The Labute approximate surface area is 94.7 Å². The zero-order valence-corrected chi connectivity index (χ0v) is 10.2. The molecular formula is C8H16Cl3NO. The van der Waals surface area contributed by atoms with Crippen molar-refractivity contribution in [3.05, 3.63) is 0 Å². The molecular weight excluding hydrogens is 232 g/mol. The van der Waals surface area contributed by atoms with Crippen molar-refractivity contribution in [3.63, 3.8) is 0 Å². The van der Waals surface area contributed by atoms with Crippen LogP contribution in [0.3, 0.4) is 0 Å². The Bertz CT molecular complexity index is 136. The molecule has 13 heavy (non-hydrogen) atoms. The average molecular weight is 249 g/mol. The lowest BCUT2D eigenvalue weighted by molar-refractivity contribution is 0.0547. The van der Waals surface area contributed by atoms with Crippen LogP contribution in [0.1, 0.15) is 20.3 Å². The van der Waals surface area contributed by atoms with Crippen molar-refractivity contribution in [2.75, 3.05) is 13.2 Å². The van der Waals surface area contributed by atoms with E-state index >= 15 is 0 Å². The fraction of sp³-hybridized carbons (Fsp3) is 1.00. The van der Waals surface area contributed by atoms with Gasteiger partial charge in [0.05, 0.1) is 0 Å². The van der Waals surface area contributed by atoms with Crippen LogP contribution in [-0.2, 0) is 4.74 Å². The van der Waals surface area contributed by atoms with E-state index in [1.807, 2.05) is 0 Å². The second kappa shape index (κ2) is 6.31. The number of ether oxygens (including phenoxy) is 1. The normalized spacial score (nSPS) is 15.0. The maximum atomic E-state index is 5.64. The zero-order chi connectivity index (χ0) is 10.5. The largest absolute Gasteiger partial charge is 0.372 e. The molecule has 2 N–H and O–H groups in total. The molecule has 0 aliphatic rings. The lowest BCUT2D eigenvalue weighted by Crippen LogP contribution is -2.36. The van der Waals surface area contributed by atoms with Crippen LogP contribution in [0.2, 0.25) is 0 Å². The number of halogens is 3. The molecule has 0 heterocycles. The zero-order valence-electron chi connectivity index (χ0n) is 7.90. The summed E-state index contributed by atoms with van der Waals surface area (Å²) in [4.78, 5) is 0. The Balaban J connectivity index is 3.73. The Hall–Kier alpha value is 0.790. The van der Waals surface area contributed by atoms with Crippen LogP contribution < -0.4 is 5.73 Å². The molecule has 0 fully saturated rings. The Kier molecular flexibility index (Phi) is 6.69. The molecule has 1 atom stereocenters. The van der Waals surface area contributed by atoms with E-state index in [9.17, 15) is 0 Å². The molecule has 0 saturated carbocycles. The minimum Gasteiger partial charge on any atom is -0.372 e. The summed E-state index contributed by atoms with van der Waals surface area (Å²) in [6, 6.07) is 0. The minimum atomic E-state index is -1.42. The van der Waals surface area contributed by atoms with Gasteiger partial charge < -0.3 is 10.5 Å². The second-order valence-corrected chi connectivity index (χ2v) is 5.69. The summed E-state index contributed by atoms with van der Waals surface area (Å²) in [5.41, 5.74) is 5.40. The van der Waals surface area contributed by atoms with Crippen LogP contribution in [-0.4, -0.2) is 23.0 Å². The van der Waals surface area contributed by atoms with Crippen molar-refractivity contribution in [2.45, 2.75) is 30.2 Å². The summed E-state index contributed by atoms with van der Waals surface area (Å²) in [6.45, 7) is 5.01. The summed E-state index contributed by atoms with van der Waals surface area (Å²) in [6.07, 6.45) is 0.424. The molecule has 0 aromatic rings. The van der Waals surface area contributed by atoms with E-state index in [1.54, 1.807) is 0 Å². The fourth-order valence-corrected chi connectivity index (χ4v) is 1.20. The molecule has 1 unspecified atom stereocenters. The van der Waals surface area contributed by atoms with Gasteiger partial charge in [0.25, 0.3) is 0 Å². The van der Waals surface area contributed by atoms with Crippen molar-refractivity contribution >= 4 is 34.8 Å². The molecule has 0 aromatic heterocycles. The number of hydrogen-bond acceptors (Lipinski definition) is 2. The van der Waals surface area contributed by atoms with Gasteiger partial charge in [0.2, 0.25) is 3.79 Å². The summed E-state index contributed by atoms with van der Waals surface area (Å²) in [5, 5.41) is 0. The number of nitrogens with two attached hydrogens (primary N) is 1. The number of rotatable bonds is 5. The van der Waals surface area contributed by atoms with E-state index in [4.69, 9.17) is 45.3 Å². The lowest BCUT2D eigenvalue weighted by atomic mass is 10.1. The van der Waals surface area contributed by atoms with Crippen molar-refractivity contribution in [1.29, 1.82) is 0 Å². The minimum absolute atomic E-state index is 0.217. The van der Waals surface area contributed by atoms with Gasteiger partial charge in [-0.1, -0.05) is 48.7 Å². The molecule has 0 bridgehead atoms. The molecule has 2 nitrogen and oxygen atoms in total. The van der Waals surface area contributed by atoms with Gasteiger partial charge in [-0.15, -0.1) is 0 Å². The van der Waals surface area contributed by atoms with Gasteiger partial charge in [-0.05, 0) is 12.3 Å². The van der Waals surface area contributed by atoms with Gasteiger partial charge in [-0.3, -0.25) is 0 Å². The highest BCUT2D eigenvalue weighted by molar-refractivity contribution is 6.68. The predicted octanol–water partition coefficient (Wildman–Crippen LogP) is 2.75. The van der Waals surface area contributed by atoms with E-state index in [0.29, 0.717) is 12.5 Å². The number of hydrogen-bond donors (Lipinski definition) is 1. The summed E-state index contributed by atoms with van der Waals surface area (Å²) in [5.74, 6) is 0.578.